The minimum absolute atomic E-state index is 0.266. The smallest absolute Gasteiger partial charge is 0.151 e. The molecular weight excluding hydrogens is 236 g/mol. The van der Waals surface area contributed by atoms with Gasteiger partial charge < -0.3 is 4.90 Å². The van der Waals surface area contributed by atoms with Gasteiger partial charge in [-0.2, -0.15) is 5.26 Å². The van der Waals surface area contributed by atoms with Crippen LogP contribution in [-0.2, 0) is 9.84 Å². The number of nitriles is 1. The maximum absolute atomic E-state index is 11.4. The largest absolute Gasteiger partial charge is 0.302 e. The quantitative estimate of drug-likeness (QED) is 0.765. The lowest BCUT2D eigenvalue weighted by molar-refractivity contribution is 0.273. The molecule has 1 fully saturated rings. The van der Waals surface area contributed by atoms with Crippen LogP contribution in [0.5, 0.6) is 0 Å². The molecular formula is C12H22N2O2S. The SMILES string of the molecule is CC(C)(C#N)CCCN1CCCS(=O)(=O)CC1. The van der Waals surface area contributed by atoms with Crippen molar-refractivity contribution in [3.05, 3.63) is 0 Å². The minimum Gasteiger partial charge on any atom is -0.302 e. The van der Waals surface area contributed by atoms with Gasteiger partial charge in [0.05, 0.1) is 23.0 Å². The van der Waals surface area contributed by atoms with Crippen molar-refractivity contribution in [2.24, 2.45) is 5.41 Å². The maximum Gasteiger partial charge on any atom is 0.151 e. The molecule has 0 unspecified atom stereocenters. The lowest BCUT2D eigenvalue weighted by Crippen LogP contribution is -2.28. The summed E-state index contributed by atoms with van der Waals surface area (Å²) in [5, 5.41) is 8.90. The summed E-state index contributed by atoms with van der Waals surface area (Å²) in [6.45, 7) is 6.31. The highest BCUT2D eigenvalue weighted by Crippen LogP contribution is 2.21. The Labute approximate surface area is 105 Å². The van der Waals surface area contributed by atoms with E-state index in [4.69, 9.17) is 5.26 Å². The maximum atomic E-state index is 11.4. The molecule has 1 saturated heterocycles. The molecule has 4 nitrogen and oxygen atoms in total. The first-order chi connectivity index (χ1) is 7.85. The van der Waals surface area contributed by atoms with E-state index in [1.54, 1.807) is 0 Å². The van der Waals surface area contributed by atoms with Crippen LogP contribution in [-0.4, -0.2) is 44.5 Å². The fourth-order valence-electron chi connectivity index (χ4n) is 2.01. The van der Waals surface area contributed by atoms with Gasteiger partial charge in [0.25, 0.3) is 0 Å². The zero-order valence-electron chi connectivity index (χ0n) is 10.8. The second kappa shape index (κ2) is 5.83. The molecule has 5 heteroatoms. The third-order valence-corrected chi connectivity index (χ3v) is 4.94. The van der Waals surface area contributed by atoms with E-state index in [1.165, 1.54) is 0 Å². The van der Waals surface area contributed by atoms with Crippen LogP contribution < -0.4 is 0 Å². The number of nitrogens with zero attached hydrogens (tertiary/aromatic N) is 2. The van der Waals surface area contributed by atoms with Gasteiger partial charge in [0.15, 0.2) is 9.84 Å². The summed E-state index contributed by atoms with van der Waals surface area (Å²) in [4.78, 5) is 2.21. The number of hydrogen-bond acceptors (Lipinski definition) is 4. The Morgan fingerprint density at radius 2 is 2.00 bits per heavy atom. The van der Waals surface area contributed by atoms with Crippen molar-refractivity contribution in [1.82, 2.24) is 4.90 Å². The monoisotopic (exact) mass is 258 g/mol. The van der Waals surface area contributed by atoms with Crippen molar-refractivity contribution < 1.29 is 8.42 Å². The van der Waals surface area contributed by atoms with E-state index >= 15 is 0 Å². The summed E-state index contributed by atoms with van der Waals surface area (Å²) >= 11 is 0. The molecule has 0 aromatic heterocycles. The summed E-state index contributed by atoms with van der Waals surface area (Å²) < 4.78 is 22.9. The predicted molar refractivity (Wildman–Crippen MR) is 68.3 cm³/mol. The van der Waals surface area contributed by atoms with Crippen LogP contribution in [0.4, 0.5) is 0 Å². The van der Waals surface area contributed by atoms with Crippen molar-refractivity contribution in [1.29, 1.82) is 5.26 Å². The molecule has 1 rings (SSSR count). The summed E-state index contributed by atoms with van der Waals surface area (Å²) in [6, 6.07) is 2.29. The van der Waals surface area contributed by atoms with Crippen LogP contribution in [0.25, 0.3) is 0 Å². The van der Waals surface area contributed by atoms with Crippen molar-refractivity contribution in [3.8, 4) is 6.07 Å². The highest BCUT2D eigenvalue weighted by molar-refractivity contribution is 7.91. The predicted octanol–water partition coefficient (Wildman–Crippen LogP) is 1.44. The van der Waals surface area contributed by atoms with Crippen molar-refractivity contribution in [3.63, 3.8) is 0 Å². The molecule has 0 aliphatic carbocycles. The molecule has 0 amide bonds. The van der Waals surface area contributed by atoms with E-state index in [2.05, 4.69) is 11.0 Å². The Morgan fingerprint density at radius 1 is 1.29 bits per heavy atom. The van der Waals surface area contributed by atoms with Crippen LogP contribution in [0.1, 0.15) is 33.1 Å². The molecule has 0 N–H and O–H groups in total. The Bertz CT molecular complexity index is 382. The molecule has 0 atom stereocenters. The highest BCUT2D eigenvalue weighted by Gasteiger charge is 2.20. The second-order valence-electron chi connectivity index (χ2n) is 5.45. The van der Waals surface area contributed by atoms with Gasteiger partial charge in [0, 0.05) is 6.54 Å². The van der Waals surface area contributed by atoms with Gasteiger partial charge in [-0.25, -0.2) is 8.42 Å². The van der Waals surface area contributed by atoms with E-state index in [0.29, 0.717) is 12.3 Å². The molecule has 1 aliphatic heterocycles. The molecule has 0 saturated carbocycles. The van der Waals surface area contributed by atoms with E-state index in [9.17, 15) is 8.42 Å². The molecule has 0 spiro atoms. The average molecular weight is 258 g/mol. The van der Waals surface area contributed by atoms with Gasteiger partial charge in [0.2, 0.25) is 0 Å². The van der Waals surface area contributed by atoms with Gasteiger partial charge in [-0.15, -0.1) is 0 Å². The van der Waals surface area contributed by atoms with E-state index in [0.717, 1.165) is 32.4 Å². The Kier molecular flexibility index (Phi) is 4.96. The van der Waals surface area contributed by atoms with E-state index < -0.39 is 9.84 Å². The molecule has 0 bridgehead atoms. The normalized spacial score (nSPS) is 21.7. The van der Waals surface area contributed by atoms with Crippen molar-refractivity contribution >= 4 is 9.84 Å². The van der Waals surface area contributed by atoms with Gasteiger partial charge in [-0.05, 0) is 46.2 Å². The number of hydrogen-bond donors (Lipinski definition) is 0. The van der Waals surface area contributed by atoms with Crippen LogP contribution in [0.2, 0.25) is 0 Å². The van der Waals surface area contributed by atoms with Crippen LogP contribution >= 0.6 is 0 Å². The fourth-order valence-corrected chi connectivity index (χ4v) is 3.32. The molecule has 0 aromatic carbocycles. The van der Waals surface area contributed by atoms with Crippen molar-refractivity contribution in [2.45, 2.75) is 33.1 Å². The lowest BCUT2D eigenvalue weighted by Gasteiger charge is -2.21. The first kappa shape index (κ1) is 14.5. The average Bonchev–Trinajstić information content (AvgIpc) is 2.40. The molecule has 0 aromatic rings. The van der Waals surface area contributed by atoms with E-state index in [-0.39, 0.29) is 11.2 Å². The first-order valence-corrected chi connectivity index (χ1v) is 8.01. The van der Waals surface area contributed by atoms with Crippen LogP contribution in [0.15, 0.2) is 0 Å². The van der Waals surface area contributed by atoms with Crippen LogP contribution in [0.3, 0.4) is 0 Å². The molecule has 1 heterocycles. The van der Waals surface area contributed by atoms with Gasteiger partial charge in [-0.1, -0.05) is 0 Å². The standard InChI is InChI=1S/C12H22N2O2S/c1-12(2,11-13)5-3-6-14-7-4-9-17(15,16)10-8-14/h3-10H2,1-2H3. The molecule has 0 radical (unpaired) electrons. The van der Waals surface area contributed by atoms with Gasteiger partial charge in [-0.3, -0.25) is 0 Å². The Morgan fingerprint density at radius 3 is 2.65 bits per heavy atom. The summed E-state index contributed by atoms with van der Waals surface area (Å²) in [7, 11) is -2.80. The lowest BCUT2D eigenvalue weighted by atomic mass is 9.90. The van der Waals surface area contributed by atoms with Gasteiger partial charge >= 0.3 is 0 Å². The van der Waals surface area contributed by atoms with Gasteiger partial charge in [0.1, 0.15) is 0 Å². The summed E-state index contributed by atoms with van der Waals surface area (Å²) in [6.07, 6.45) is 2.57. The zero-order chi connectivity index (χ0) is 12.9. The topological polar surface area (TPSA) is 61.2 Å². The Balaban J connectivity index is 2.32. The first-order valence-electron chi connectivity index (χ1n) is 6.19. The van der Waals surface area contributed by atoms with E-state index in [1.807, 2.05) is 13.8 Å². The molecule has 98 valence electrons. The summed E-state index contributed by atoms with van der Waals surface area (Å²) in [5.41, 5.74) is -0.266. The third-order valence-electron chi connectivity index (χ3n) is 3.23. The molecule has 17 heavy (non-hydrogen) atoms. The number of rotatable bonds is 4. The number of sulfone groups is 1. The Hall–Kier alpha value is -0.600. The molecule has 1 aliphatic rings. The fraction of sp³-hybridized carbons (Fsp3) is 0.917. The van der Waals surface area contributed by atoms with Crippen LogP contribution in [0, 0.1) is 16.7 Å². The minimum atomic E-state index is -2.80. The summed E-state index contributed by atoms with van der Waals surface area (Å²) in [5.74, 6) is 0.613. The highest BCUT2D eigenvalue weighted by atomic mass is 32.2. The van der Waals surface area contributed by atoms with Crippen molar-refractivity contribution in [2.75, 3.05) is 31.1 Å². The second-order valence-corrected chi connectivity index (χ2v) is 7.75. The zero-order valence-corrected chi connectivity index (χ0v) is 11.6. The third kappa shape index (κ3) is 5.51.